The van der Waals surface area contributed by atoms with Crippen molar-refractivity contribution in [3.63, 3.8) is 0 Å². The zero-order valence-corrected chi connectivity index (χ0v) is 20.0. The van der Waals surface area contributed by atoms with E-state index < -0.39 is 16.8 Å². The van der Waals surface area contributed by atoms with E-state index in [9.17, 15) is 19.7 Å². The molecule has 0 saturated carbocycles. The minimum atomic E-state index is -0.486. The molecule has 0 radical (unpaired) electrons. The van der Waals surface area contributed by atoms with Gasteiger partial charge < -0.3 is 10.1 Å². The minimum absolute atomic E-state index is 0.0526. The normalized spacial score (nSPS) is 13.4. The molecule has 1 amide bonds. The first-order valence-electron chi connectivity index (χ1n) is 11.3. The van der Waals surface area contributed by atoms with E-state index in [1.807, 2.05) is 18.2 Å². The Kier molecular flexibility index (Phi) is 7.69. The molecule has 1 aromatic heterocycles. The number of fused-ring (bicyclic) bond motifs is 1. The maximum atomic E-state index is 12.8. The summed E-state index contributed by atoms with van der Waals surface area (Å²) in [5.74, 6) is -0.874. The van der Waals surface area contributed by atoms with Crippen molar-refractivity contribution in [3.05, 3.63) is 97.9 Å². The zero-order chi connectivity index (χ0) is 24.8. The smallest absolute Gasteiger partial charge is 0.341 e. The maximum absolute atomic E-state index is 12.8. The van der Waals surface area contributed by atoms with E-state index in [2.05, 4.69) is 22.3 Å². The molecule has 1 aliphatic rings. The molecule has 1 aliphatic heterocycles. The number of nitrogens with zero attached hydrogens (tertiary/aromatic N) is 2. The average molecular weight is 492 g/mol. The van der Waals surface area contributed by atoms with Gasteiger partial charge >= 0.3 is 5.97 Å². The standard InChI is InChI=1S/C26H25N3O5S/c1-2-34-26(31)24-21-13-14-28(16-19-7-4-3-5-8-19)17-22(21)35-25(24)27-23(30)12-11-18-9-6-10-20(15-18)29(32)33/h3-12,15H,2,13-14,16-17H2,1H3,(H,27,30)/b12-11-. The van der Waals surface area contributed by atoms with Crippen molar-refractivity contribution in [1.82, 2.24) is 4.90 Å². The highest BCUT2D eigenvalue weighted by Gasteiger charge is 2.29. The van der Waals surface area contributed by atoms with Crippen LogP contribution in [0.15, 0.2) is 60.7 Å². The molecular weight excluding hydrogens is 466 g/mol. The molecule has 2 aromatic carbocycles. The summed E-state index contributed by atoms with van der Waals surface area (Å²) in [6.45, 7) is 4.27. The number of rotatable bonds is 8. The molecule has 0 unspecified atom stereocenters. The number of benzene rings is 2. The quantitative estimate of drug-likeness (QED) is 0.205. The molecule has 0 atom stereocenters. The van der Waals surface area contributed by atoms with Gasteiger partial charge in [0.15, 0.2) is 0 Å². The number of hydrogen-bond donors (Lipinski definition) is 1. The lowest BCUT2D eigenvalue weighted by molar-refractivity contribution is -0.384. The lowest BCUT2D eigenvalue weighted by atomic mass is 10.0. The Bertz CT molecular complexity index is 1270. The Hall–Kier alpha value is -3.82. The number of nitrogens with one attached hydrogen (secondary N) is 1. The summed E-state index contributed by atoms with van der Waals surface area (Å²) in [5, 5.41) is 14.2. The summed E-state index contributed by atoms with van der Waals surface area (Å²) in [5.41, 5.74) is 3.04. The van der Waals surface area contributed by atoms with Gasteiger partial charge in [0.05, 0.1) is 17.1 Å². The number of nitro groups is 1. The second-order valence-electron chi connectivity index (χ2n) is 8.05. The number of esters is 1. The first-order valence-corrected chi connectivity index (χ1v) is 12.1. The zero-order valence-electron chi connectivity index (χ0n) is 19.2. The van der Waals surface area contributed by atoms with Crippen molar-refractivity contribution in [1.29, 1.82) is 0 Å². The van der Waals surface area contributed by atoms with E-state index in [1.165, 1.54) is 41.2 Å². The van der Waals surface area contributed by atoms with Crippen LogP contribution in [0.4, 0.5) is 10.7 Å². The molecule has 0 aliphatic carbocycles. The highest BCUT2D eigenvalue weighted by molar-refractivity contribution is 7.17. The lowest BCUT2D eigenvalue weighted by Crippen LogP contribution is -2.29. The third kappa shape index (κ3) is 6.00. The number of hydrogen-bond acceptors (Lipinski definition) is 7. The molecule has 0 fully saturated rings. The molecule has 9 heteroatoms. The fourth-order valence-electron chi connectivity index (χ4n) is 4.01. The van der Waals surface area contributed by atoms with Crippen LogP contribution in [0.5, 0.6) is 0 Å². The summed E-state index contributed by atoms with van der Waals surface area (Å²) < 4.78 is 5.28. The van der Waals surface area contributed by atoms with Gasteiger partial charge in [0.2, 0.25) is 5.91 Å². The Morgan fingerprint density at radius 3 is 2.74 bits per heavy atom. The summed E-state index contributed by atoms with van der Waals surface area (Å²) >= 11 is 1.39. The Morgan fingerprint density at radius 1 is 1.20 bits per heavy atom. The summed E-state index contributed by atoms with van der Waals surface area (Å²) in [7, 11) is 0. The van der Waals surface area contributed by atoms with Gasteiger partial charge in [0, 0.05) is 42.7 Å². The predicted molar refractivity (Wildman–Crippen MR) is 135 cm³/mol. The van der Waals surface area contributed by atoms with E-state index in [4.69, 9.17) is 4.74 Å². The van der Waals surface area contributed by atoms with Gasteiger partial charge in [-0.3, -0.25) is 19.8 Å². The van der Waals surface area contributed by atoms with Crippen LogP contribution < -0.4 is 5.32 Å². The van der Waals surface area contributed by atoms with Gasteiger partial charge in [0.25, 0.3) is 5.69 Å². The number of anilines is 1. The van der Waals surface area contributed by atoms with Crippen LogP contribution in [0.2, 0.25) is 0 Å². The van der Waals surface area contributed by atoms with Gasteiger partial charge in [-0.2, -0.15) is 0 Å². The van der Waals surface area contributed by atoms with Crippen LogP contribution in [0.25, 0.3) is 6.08 Å². The molecule has 1 N–H and O–H groups in total. The van der Waals surface area contributed by atoms with Crippen LogP contribution in [-0.4, -0.2) is 34.9 Å². The highest BCUT2D eigenvalue weighted by Crippen LogP contribution is 2.38. The van der Waals surface area contributed by atoms with E-state index in [1.54, 1.807) is 19.1 Å². The van der Waals surface area contributed by atoms with Gasteiger partial charge in [0.1, 0.15) is 5.00 Å². The minimum Gasteiger partial charge on any atom is -0.462 e. The van der Waals surface area contributed by atoms with Crippen molar-refractivity contribution in [2.24, 2.45) is 0 Å². The van der Waals surface area contributed by atoms with E-state index in [0.717, 1.165) is 23.5 Å². The van der Waals surface area contributed by atoms with E-state index in [-0.39, 0.29) is 12.3 Å². The number of thiophene rings is 1. The van der Waals surface area contributed by atoms with Crippen molar-refractivity contribution in [3.8, 4) is 0 Å². The molecule has 180 valence electrons. The van der Waals surface area contributed by atoms with Crippen LogP contribution >= 0.6 is 11.3 Å². The monoisotopic (exact) mass is 491 g/mol. The average Bonchev–Trinajstić information content (AvgIpc) is 3.20. The number of carbonyl (C=O) groups is 2. The first kappa shape index (κ1) is 24.3. The second-order valence-corrected chi connectivity index (χ2v) is 9.15. The highest BCUT2D eigenvalue weighted by atomic mass is 32.1. The van der Waals surface area contributed by atoms with Crippen molar-refractivity contribution in [2.75, 3.05) is 18.5 Å². The van der Waals surface area contributed by atoms with Crippen molar-refractivity contribution >= 4 is 40.0 Å². The summed E-state index contributed by atoms with van der Waals surface area (Å²) in [6.07, 6.45) is 3.49. The molecular formula is C26H25N3O5S. The molecule has 0 spiro atoms. The van der Waals surface area contributed by atoms with Crippen molar-refractivity contribution < 1.29 is 19.2 Å². The van der Waals surface area contributed by atoms with E-state index in [0.29, 0.717) is 29.1 Å². The molecule has 8 nitrogen and oxygen atoms in total. The molecule has 4 rings (SSSR count). The molecule has 0 saturated heterocycles. The van der Waals surface area contributed by atoms with Crippen molar-refractivity contribution in [2.45, 2.75) is 26.4 Å². The van der Waals surface area contributed by atoms with Gasteiger partial charge in [-0.05, 0) is 36.1 Å². The SMILES string of the molecule is CCOC(=O)c1c(NC(=O)/C=C\c2cccc([N+](=O)[O-])c2)sc2c1CCN(Cc1ccccc1)C2. The largest absolute Gasteiger partial charge is 0.462 e. The Morgan fingerprint density at radius 2 is 2.00 bits per heavy atom. The van der Waals surface area contributed by atoms with Gasteiger partial charge in [-0.15, -0.1) is 11.3 Å². The van der Waals surface area contributed by atoms with Crippen LogP contribution in [0, 0.1) is 10.1 Å². The number of amides is 1. The topological polar surface area (TPSA) is 102 Å². The van der Waals surface area contributed by atoms with Gasteiger partial charge in [-0.1, -0.05) is 42.5 Å². The first-order chi connectivity index (χ1) is 16.9. The third-order valence-electron chi connectivity index (χ3n) is 5.61. The van der Waals surface area contributed by atoms with E-state index >= 15 is 0 Å². The summed E-state index contributed by atoms with van der Waals surface area (Å²) in [6, 6.07) is 16.2. The summed E-state index contributed by atoms with van der Waals surface area (Å²) in [4.78, 5) is 39.3. The number of ether oxygens (including phenoxy) is 1. The van der Waals surface area contributed by atoms with Crippen LogP contribution in [0.1, 0.15) is 38.8 Å². The number of nitro benzene ring substituents is 1. The second kappa shape index (κ2) is 11.1. The molecule has 35 heavy (non-hydrogen) atoms. The van der Waals surface area contributed by atoms with Crippen LogP contribution in [-0.2, 0) is 29.0 Å². The maximum Gasteiger partial charge on any atom is 0.341 e. The Balaban J connectivity index is 1.53. The number of carbonyl (C=O) groups excluding carboxylic acids is 2. The van der Waals surface area contributed by atoms with Crippen LogP contribution in [0.3, 0.4) is 0 Å². The van der Waals surface area contributed by atoms with Gasteiger partial charge in [-0.25, -0.2) is 4.79 Å². The molecule has 0 bridgehead atoms. The molecule has 2 heterocycles. The fourth-order valence-corrected chi connectivity index (χ4v) is 5.29. The lowest BCUT2D eigenvalue weighted by Gasteiger charge is -2.27. The molecule has 3 aromatic rings. The third-order valence-corrected chi connectivity index (χ3v) is 6.74. The predicted octanol–water partition coefficient (Wildman–Crippen LogP) is 5.04. The fraction of sp³-hybridized carbons (Fsp3) is 0.231. The Labute approximate surface area is 207 Å². The number of non-ortho nitro benzene ring substituents is 1.